The predicted molar refractivity (Wildman–Crippen MR) is 99.4 cm³/mol. The first-order valence-corrected chi connectivity index (χ1v) is 9.14. The van der Waals surface area contributed by atoms with E-state index in [1.165, 1.54) is 11.1 Å². The standard InChI is InChI=1S/C20H23N3O3/c1-14-3-2-4-18-17(14)5-6-23(18)20(25)12-15-11-16(24)13-19(21-15)22-7-9-26-10-8-22/h2-4,13H,5-12H2,1H3. The highest BCUT2D eigenvalue weighted by atomic mass is 16.5. The monoisotopic (exact) mass is 353 g/mol. The number of hydrogen-bond donors (Lipinski definition) is 0. The van der Waals surface area contributed by atoms with E-state index in [1.807, 2.05) is 17.0 Å². The minimum absolute atomic E-state index is 0.0157. The van der Waals surface area contributed by atoms with Crippen LogP contribution in [0.15, 0.2) is 35.1 Å². The molecule has 6 heteroatoms. The van der Waals surface area contributed by atoms with Gasteiger partial charge in [0.15, 0.2) is 5.78 Å². The minimum atomic E-state index is 0.0157. The number of allylic oxidation sites excluding steroid dienone is 1. The number of ether oxygens (including phenoxy) is 1. The Kier molecular flexibility index (Phi) is 4.59. The summed E-state index contributed by atoms with van der Waals surface area (Å²) in [5, 5.41) is 0. The quantitative estimate of drug-likeness (QED) is 0.832. The number of amides is 1. The zero-order chi connectivity index (χ0) is 18.1. The number of benzene rings is 1. The van der Waals surface area contributed by atoms with Gasteiger partial charge in [0.1, 0.15) is 5.82 Å². The Balaban J connectivity index is 1.49. The van der Waals surface area contributed by atoms with Gasteiger partial charge in [-0.1, -0.05) is 12.1 Å². The van der Waals surface area contributed by atoms with Crippen molar-refractivity contribution >= 4 is 23.1 Å². The Labute approximate surface area is 153 Å². The number of anilines is 1. The molecule has 0 N–H and O–H groups in total. The van der Waals surface area contributed by atoms with E-state index in [-0.39, 0.29) is 24.5 Å². The number of hydrogen-bond acceptors (Lipinski definition) is 5. The van der Waals surface area contributed by atoms with Gasteiger partial charge in [0, 0.05) is 43.5 Å². The van der Waals surface area contributed by atoms with E-state index in [4.69, 9.17) is 4.74 Å². The van der Waals surface area contributed by atoms with Crippen LogP contribution in [0.3, 0.4) is 0 Å². The largest absolute Gasteiger partial charge is 0.378 e. The number of aryl methyl sites for hydroxylation is 1. The zero-order valence-electron chi connectivity index (χ0n) is 15.0. The summed E-state index contributed by atoms with van der Waals surface area (Å²) < 4.78 is 5.36. The molecular weight excluding hydrogens is 330 g/mol. The van der Waals surface area contributed by atoms with E-state index in [0.717, 1.165) is 25.2 Å². The molecule has 136 valence electrons. The van der Waals surface area contributed by atoms with Crippen molar-refractivity contribution in [1.82, 2.24) is 4.90 Å². The fourth-order valence-electron chi connectivity index (χ4n) is 3.82. The Morgan fingerprint density at radius 3 is 2.85 bits per heavy atom. The molecule has 26 heavy (non-hydrogen) atoms. The van der Waals surface area contributed by atoms with Crippen molar-refractivity contribution in [2.45, 2.75) is 26.2 Å². The van der Waals surface area contributed by atoms with Gasteiger partial charge in [0.25, 0.3) is 0 Å². The molecule has 1 aromatic rings. The maximum atomic E-state index is 12.9. The summed E-state index contributed by atoms with van der Waals surface area (Å²) in [6, 6.07) is 6.07. The van der Waals surface area contributed by atoms with Gasteiger partial charge in [-0.15, -0.1) is 0 Å². The topological polar surface area (TPSA) is 62.2 Å². The van der Waals surface area contributed by atoms with Gasteiger partial charge in [0.2, 0.25) is 5.91 Å². The van der Waals surface area contributed by atoms with Crippen molar-refractivity contribution < 1.29 is 14.3 Å². The van der Waals surface area contributed by atoms with Crippen molar-refractivity contribution in [2.75, 3.05) is 37.7 Å². The second kappa shape index (κ2) is 7.03. The van der Waals surface area contributed by atoms with Crippen LogP contribution in [0.5, 0.6) is 0 Å². The summed E-state index contributed by atoms with van der Waals surface area (Å²) in [5.74, 6) is 0.705. The summed E-state index contributed by atoms with van der Waals surface area (Å²) in [6.45, 7) is 5.51. The molecule has 1 aromatic carbocycles. The third-order valence-corrected chi connectivity index (χ3v) is 5.19. The number of aliphatic imine (C=N–C) groups is 1. The number of carbonyl (C=O) groups is 2. The minimum Gasteiger partial charge on any atom is -0.378 e. The molecule has 3 aliphatic rings. The smallest absolute Gasteiger partial charge is 0.232 e. The van der Waals surface area contributed by atoms with Crippen LogP contribution in [-0.4, -0.2) is 55.2 Å². The molecule has 0 aliphatic carbocycles. The van der Waals surface area contributed by atoms with E-state index < -0.39 is 0 Å². The number of morpholine rings is 1. The van der Waals surface area contributed by atoms with Gasteiger partial charge in [-0.05, 0) is 30.5 Å². The Bertz CT molecular complexity index is 807. The lowest BCUT2D eigenvalue weighted by atomic mass is 10.1. The van der Waals surface area contributed by atoms with Crippen LogP contribution in [0.4, 0.5) is 5.69 Å². The summed E-state index contributed by atoms with van der Waals surface area (Å²) in [5.41, 5.74) is 4.13. The van der Waals surface area contributed by atoms with Crippen LogP contribution in [0.1, 0.15) is 24.0 Å². The van der Waals surface area contributed by atoms with E-state index in [0.29, 0.717) is 31.3 Å². The second-order valence-corrected chi connectivity index (χ2v) is 6.97. The molecule has 3 heterocycles. The van der Waals surface area contributed by atoms with Gasteiger partial charge in [0.05, 0.1) is 19.6 Å². The first-order valence-electron chi connectivity index (χ1n) is 9.14. The summed E-state index contributed by atoms with van der Waals surface area (Å²) >= 11 is 0. The second-order valence-electron chi connectivity index (χ2n) is 6.97. The third kappa shape index (κ3) is 3.29. The molecule has 0 saturated carbocycles. The molecule has 0 aromatic heterocycles. The molecule has 1 amide bonds. The van der Waals surface area contributed by atoms with Crippen LogP contribution in [0.2, 0.25) is 0 Å². The number of rotatable bonds is 3. The van der Waals surface area contributed by atoms with Crippen LogP contribution in [0, 0.1) is 6.92 Å². The molecule has 1 fully saturated rings. The van der Waals surface area contributed by atoms with Crippen LogP contribution < -0.4 is 4.90 Å². The van der Waals surface area contributed by atoms with Crippen molar-refractivity contribution in [3.63, 3.8) is 0 Å². The van der Waals surface area contributed by atoms with E-state index >= 15 is 0 Å². The van der Waals surface area contributed by atoms with Gasteiger partial charge in [-0.3, -0.25) is 9.59 Å². The van der Waals surface area contributed by atoms with Crippen molar-refractivity contribution in [3.8, 4) is 0 Å². The Morgan fingerprint density at radius 2 is 2.04 bits per heavy atom. The number of nitrogens with zero attached hydrogens (tertiary/aromatic N) is 3. The molecule has 0 radical (unpaired) electrons. The average Bonchev–Trinajstić information content (AvgIpc) is 3.07. The average molecular weight is 353 g/mol. The van der Waals surface area contributed by atoms with Gasteiger partial charge < -0.3 is 14.5 Å². The normalized spacial score (nSPS) is 20.0. The predicted octanol–water partition coefficient (Wildman–Crippen LogP) is 1.86. The van der Waals surface area contributed by atoms with E-state index in [2.05, 4.69) is 22.9 Å². The van der Waals surface area contributed by atoms with Crippen LogP contribution in [0.25, 0.3) is 0 Å². The molecule has 1 saturated heterocycles. The highest BCUT2D eigenvalue weighted by Crippen LogP contribution is 2.31. The third-order valence-electron chi connectivity index (χ3n) is 5.19. The fourth-order valence-corrected chi connectivity index (χ4v) is 3.82. The van der Waals surface area contributed by atoms with Gasteiger partial charge in [-0.2, -0.15) is 0 Å². The lowest BCUT2D eigenvalue weighted by molar-refractivity contribution is -0.117. The SMILES string of the molecule is Cc1cccc2c1CCN2C(=O)CC1=NC(N2CCOCC2)=CC(=O)C1. The van der Waals surface area contributed by atoms with Crippen LogP contribution in [-0.2, 0) is 20.7 Å². The number of carbonyl (C=O) groups excluding carboxylic acids is 2. The molecule has 3 aliphatic heterocycles. The molecule has 0 unspecified atom stereocenters. The molecule has 0 spiro atoms. The van der Waals surface area contributed by atoms with E-state index in [1.54, 1.807) is 6.08 Å². The molecule has 0 bridgehead atoms. The molecular formula is C20H23N3O3. The van der Waals surface area contributed by atoms with Crippen LogP contribution >= 0.6 is 0 Å². The summed E-state index contributed by atoms with van der Waals surface area (Å²) in [4.78, 5) is 33.5. The first-order chi connectivity index (χ1) is 12.6. The highest BCUT2D eigenvalue weighted by molar-refractivity contribution is 6.16. The number of fused-ring (bicyclic) bond motifs is 1. The van der Waals surface area contributed by atoms with Crippen molar-refractivity contribution in [3.05, 3.63) is 41.2 Å². The zero-order valence-corrected chi connectivity index (χ0v) is 15.0. The first kappa shape index (κ1) is 17.0. The van der Waals surface area contributed by atoms with Gasteiger partial charge >= 0.3 is 0 Å². The Hall–Kier alpha value is -2.47. The van der Waals surface area contributed by atoms with E-state index in [9.17, 15) is 9.59 Å². The summed E-state index contributed by atoms with van der Waals surface area (Å²) in [6.07, 6.45) is 2.90. The van der Waals surface area contributed by atoms with Crippen molar-refractivity contribution in [2.24, 2.45) is 4.99 Å². The lowest BCUT2D eigenvalue weighted by Crippen LogP contribution is -2.37. The van der Waals surface area contributed by atoms with Gasteiger partial charge in [-0.25, -0.2) is 4.99 Å². The molecule has 4 rings (SSSR count). The fraction of sp³-hybridized carbons (Fsp3) is 0.450. The number of ketones is 1. The molecule has 6 nitrogen and oxygen atoms in total. The maximum Gasteiger partial charge on any atom is 0.232 e. The van der Waals surface area contributed by atoms with Crippen molar-refractivity contribution in [1.29, 1.82) is 0 Å². The maximum absolute atomic E-state index is 12.9. The molecule has 0 atom stereocenters. The summed E-state index contributed by atoms with van der Waals surface area (Å²) in [7, 11) is 0. The Morgan fingerprint density at radius 1 is 1.23 bits per heavy atom. The lowest BCUT2D eigenvalue weighted by Gasteiger charge is -2.30. The highest BCUT2D eigenvalue weighted by Gasteiger charge is 2.28.